The van der Waals surface area contributed by atoms with Gasteiger partial charge in [-0.3, -0.25) is 0 Å². The Hall–Kier alpha value is -2.32. The summed E-state index contributed by atoms with van der Waals surface area (Å²) in [6, 6.07) is 12.9. The van der Waals surface area contributed by atoms with Crippen LogP contribution in [0.5, 0.6) is 0 Å². The van der Waals surface area contributed by atoms with E-state index in [2.05, 4.69) is 11.2 Å². The van der Waals surface area contributed by atoms with Crippen LogP contribution >= 0.6 is 11.6 Å². The zero-order chi connectivity index (χ0) is 19.1. The van der Waals surface area contributed by atoms with E-state index < -0.39 is 0 Å². The SMILES string of the molecule is C#CCCOCCNCc1cc(F)cc2c1ccn2Cc1ccc(Cl)cc1. The second kappa shape index (κ2) is 9.57. The molecule has 1 aromatic heterocycles. The van der Waals surface area contributed by atoms with Gasteiger partial charge in [-0.05, 0) is 41.5 Å². The number of hydrogen-bond donors (Lipinski definition) is 1. The van der Waals surface area contributed by atoms with Crippen molar-refractivity contribution in [3.8, 4) is 12.3 Å². The number of benzene rings is 2. The molecule has 3 rings (SSSR count). The predicted molar refractivity (Wildman–Crippen MR) is 108 cm³/mol. The molecule has 27 heavy (non-hydrogen) atoms. The second-order valence-electron chi connectivity index (χ2n) is 6.31. The van der Waals surface area contributed by atoms with Gasteiger partial charge < -0.3 is 14.6 Å². The molecule has 0 saturated heterocycles. The average Bonchev–Trinajstić information content (AvgIpc) is 3.05. The highest BCUT2D eigenvalue weighted by atomic mass is 35.5. The van der Waals surface area contributed by atoms with Gasteiger partial charge in [-0.25, -0.2) is 4.39 Å². The Kier molecular flexibility index (Phi) is 6.89. The van der Waals surface area contributed by atoms with Crippen LogP contribution < -0.4 is 5.32 Å². The van der Waals surface area contributed by atoms with Crippen LogP contribution in [0, 0.1) is 18.2 Å². The number of nitrogens with one attached hydrogen (secondary N) is 1. The minimum Gasteiger partial charge on any atom is -0.379 e. The monoisotopic (exact) mass is 384 g/mol. The molecule has 3 nitrogen and oxygen atoms in total. The normalized spacial score (nSPS) is 11.0. The largest absolute Gasteiger partial charge is 0.379 e. The number of aromatic nitrogens is 1. The minimum absolute atomic E-state index is 0.236. The smallest absolute Gasteiger partial charge is 0.125 e. The van der Waals surface area contributed by atoms with Gasteiger partial charge in [0.2, 0.25) is 0 Å². The van der Waals surface area contributed by atoms with Gasteiger partial charge in [0, 0.05) is 42.7 Å². The molecule has 0 aliphatic heterocycles. The van der Waals surface area contributed by atoms with Crippen LogP contribution in [0.15, 0.2) is 48.7 Å². The minimum atomic E-state index is -0.236. The van der Waals surface area contributed by atoms with Crippen molar-refractivity contribution in [1.82, 2.24) is 9.88 Å². The Bertz CT molecular complexity index is 928. The molecule has 5 heteroatoms. The quantitative estimate of drug-likeness (QED) is 0.430. The van der Waals surface area contributed by atoms with E-state index in [1.54, 1.807) is 12.1 Å². The fraction of sp³-hybridized carbons (Fsp3) is 0.273. The van der Waals surface area contributed by atoms with Crippen LogP contribution in [0.4, 0.5) is 4.39 Å². The zero-order valence-corrected chi connectivity index (χ0v) is 15.8. The summed E-state index contributed by atoms with van der Waals surface area (Å²) in [5.41, 5.74) is 2.93. The van der Waals surface area contributed by atoms with Gasteiger partial charge in [-0.15, -0.1) is 12.3 Å². The average molecular weight is 385 g/mol. The van der Waals surface area contributed by atoms with Crippen molar-refractivity contribution in [3.05, 3.63) is 70.6 Å². The van der Waals surface area contributed by atoms with E-state index in [9.17, 15) is 4.39 Å². The highest BCUT2D eigenvalue weighted by molar-refractivity contribution is 6.30. The van der Waals surface area contributed by atoms with Crippen molar-refractivity contribution < 1.29 is 9.13 Å². The first kappa shape index (κ1) is 19.4. The molecular weight excluding hydrogens is 363 g/mol. The lowest BCUT2D eigenvalue weighted by molar-refractivity contribution is 0.141. The van der Waals surface area contributed by atoms with Crippen LogP contribution in [0.1, 0.15) is 17.5 Å². The molecule has 0 aliphatic rings. The molecule has 1 heterocycles. The second-order valence-corrected chi connectivity index (χ2v) is 6.75. The van der Waals surface area contributed by atoms with Crippen molar-refractivity contribution in [3.63, 3.8) is 0 Å². The standard InChI is InChI=1S/C22H22ClFN2O/c1-2-3-11-27-12-9-25-15-18-13-20(24)14-22-21(18)8-10-26(22)16-17-4-6-19(23)7-5-17/h1,4-8,10,13-14,25H,3,9,11-12,15-16H2. The van der Waals surface area contributed by atoms with Gasteiger partial charge in [0.05, 0.1) is 18.7 Å². The van der Waals surface area contributed by atoms with E-state index in [0.29, 0.717) is 44.3 Å². The van der Waals surface area contributed by atoms with Gasteiger partial charge in [0.25, 0.3) is 0 Å². The van der Waals surface area contributed by atoms with Gasteiger partial charge in [0.15, 0.2) is 0 Å². The summed E-state index contributed by atoms with van der Waals surface area (Å²) in [7, 11) is 0. The van der Waals surface area contributed by atoms with Gasteiger partial charge in [-0.2, -0.15) is 0 Å². The Morgan fingerprint density at radius 2 is 1.96 bits per heavy atom. The maximum atomic E-state index is 14.2. The molecule has 140 valence electrons. The molecule has 3 aromatic rings. The van der Waals surface area contributed by atoms with E-state index in [4.69, 9.17) is 22.8 Å². The summed E-state index contributed by atoms with van der Waals surface area (Å²) in [5.74, 6) is 2.30. The molecule has 0 aliphatic carbocycles. The summed E-state index contributed by atoms with van der Waals surface area (Å²) >= 11 is 5.95. The Morgan fingerprint density at radius 3 is 2.74 bits per heavy atom. The Balaban J connectivity index is 1.67. The molecular formula is C22H22ClFN2O. The summed E-state index contributed by atoms with van der Waals surface area (Å²) in [4.78, 5) is 0. The summed E-state index contributed by atoms with van der Waals surface area (Å²) < 4.78 is 21.6. The number of fused-ring (bicyclic) bond motifs is 1. The predicted octanol–water partition coefficient (Wildman–Crippen LogP) is 4.61. The molecule has 1 N–H and O–H groups in total. The van der Waals surface area contributed by atoms with Gasteiger partial charge in [-0.1, -0.05) is 23.7 Å². The zero-order valence-electron chi connectivity index (χ0n) is 15.1. The third kappa shape index (κ3) is 5.33. The fourth-order valence-electron chi connectivity index (χ4n) is 3.00. The lowest BCUT2D eigenvalue weighted by atomic mass is 10.1. The topological polar surface area (TPSA) is 26.2 Å². The molecule has 0 fully saturated rings. The van der Waals surface area contributed by atoms with E-state index in [1.165, 1.54) is 0 Å². The molecule has 0 bridgehead atoms. The molecule has 0 atom stereocenters. The number of ether oxygens (including phenoxy) is 1. The number of hydrogen-bond acceptors (Lipinski definition) is 2. The van der Waals surface area contributed by atoms with Crippen LogP contribution in [-0.2, 0) is 17.8 Å². The van der Waals surface area contributed by atoms with Crippen molar-refractivity contribution in [2.45, 2.75) is 19.5 Å². The van der Waals surface area contributed by atoms with Crippen LogP contribution in [0.25, 0.3) is 10.9 Å². The first-order valence-electron chi connectivity index (χ1n) is 8.91. The molecule has 0 spiro atoms. The summed E-state index contributed by atoms with van der Waals surface area (Å²) in [6.45, 7) is 3.08. The molecule has 0 unspecified atom stereocenters. The Labute approximate surface area is 164 Å². The number of rotatable bonds is 9. The van der Waals surface area contributed by atoms with Crippen molar-refractivity contribution in [1.29, 1.82) is 0 Å². The van der Waals surface area contributed by atoms with Crippen molar-refractivity contribution in [2.24, 2.45) is 0 Å². The summed E-state index contributed by atoms with van der Waals surface area (Å²) in [6.07, 6.45) is 7.79. The lowest BCUT2D eigenvalue weighted by Gasteiger charge is -2.10. The van der Waals surface area contributed by atoms with Gasteiger partial charge in [0.1, 0.15) is 5.82 Å². The highest BCUT2D eigenvalue weighted by Gasteiger charge is 2.09. The first-order valence-corrected chi connectivity index (χ1v) is 9.29. The summed E-state index contributed by atoms with van der Waals surface area (Å²) in [5, 5.41) is 5.05. The first-order chi connectivity index (χ1) is 13.2. The fourth-order valence-corrected chi connectivity index (χ4v) is 3.13. The highest BCUT2D eigenvalue weighted by Crippen LogP contribution is 2.23. The third-order valence-corrected chi connectivity index (χ3v) is 4.59. The van der Waals surface area contributed by atoms with E-state index in [-0.39, 0.29) is 5.82 Å². The maximum absolute atomic E-state index is 14.2. The number of halogens is 2. The third-order valence-electron chi connectivity index (χ3n) is 4.33. The van der Waals surface area contributed by atoms with Crippen molar-refractivity contribution >= 4 is 22.5 Å². The van der Waals surface area contributed by atoms with E-state index in [1.807, 2.05) is 41.1 Å². The molecule has 0 radical (unpaired) electrons. The molecule has 0 saturated carbocycles. The lowest BCUT2D eigenvalue weighted by Crippen LogP contribution is -2.19. The van der Waals surface area contributed by atoms with Crippen LogP contribution in [0.2, 0.25) is 5.02 Å². The van der Waals surface area contributed by atoms with E-state index in [0.717, 1.165) is 22.0 Å². The van der Waals surface area contributed by atoms with Crippen LogP contribution in [-0.4, -0.2) is 24.3 Å². The molecule has 2 aromatic carbocycles. The van der Waals surface area contributed by atoms with Gasteiger partial charge >= 0.3 is 0 Å². The number of terminal acetylenes is 1. The Morgan fingerprint density at radius 1 is 1.15 bits per heavy atom. The van der Waals surface area contributed by atoms with Crippen molar-refractivity contribution in [2.75, 3.05) is 19.8 Å². The van der Waals surface area contributed by atoms with Crippen LogP contribution in [0.3, 0.4) is 0 Å². The number of nitrogens with zero attached hydrogens (tertiary/aromatic N) is 1. The van der Waals surface area contributed by atoms with E-state index >= 15 is 0 Å². The maximum Gasteiger partial charge on any atom is 0.125 e. The molecule has 0 amide bonds.